The van der Waals surface area contributed by atoms with Crippen molar-refractivity contribution in [2.45, 2.75) is 18.2 Å². The van der Waals surface area contributed by atoms with Gasteiger partial charge < -0.3 is 9.64 Å². The zero-order chi connectivity index (χ0) is 20.9. The normalized spacial score (nSPS) is 15.1. The van der Waals surface area contributed by atoms with E-state index in [0.717, 1.165) is 11.1 Å². The molecule has 0 radical (unpaired) electrons. The van der Waals surface area contributed by atoms with Gasteiger partial charge in [-0.05, 0) is 30.2 Å². The van der Waals surface area contributed by atoms with Crippen molar-refractivity contribution in [1.29, 1.82) is 0 Å². The summed E-state index contributed by atoms with van der Waals surface area (Å²) >= 11 is 0. The molecule has 2 aromatic rings. The molecule has 1 fully saturated rings. The summed E-state index contributed by atoms with van der Waals surface area (Å²) in [6.07, 6.45) is 0.114. The second-order valence-corrected chi connectivity index (χ2v) is 8.80. The number of rotatable bonds is 6. The van der Waals surface area contributed by atoms with Gasteiger partial charge in [0.05, 0.1) is 11.3 Å². The molecule has 1 aliphatic rings. The van der Waals surface area contributed by atoms with Crippen LogP contribution in [-0.4, -0.2) is 62.3 Å². The minimum Gasteiger partial charge on any atom is -0.455 e. The number of esters is 1. The van der Waals surface area contributed by atoms with Crippen molar-refractivity contribution in [3.8, 4) is 0 Å². The zero-order valence-corrected chi connectivity index (χ0v) is 17.1. The third kappa shape index (κ3) is 5.21. The predicted molar refractivity (Wildman–Crippen MR) is 108 cm³/mol. The van der Waals surface area contributed by atoms with E-state index in [-0.39, 0.29) is 50.0 Å². The van der Waals surface area contributed by atoms with Crippen LogP contribution in [0.25, 0.3) is 0 Å². The molecule has 2 aromatic carbocycles. The van der Waals surface area contributed by atoms with E-state index in [1.165, 1.54) is 9.21 Å². The Morgan fingerprint density at radius 3 is 2.21 bits per heavy atom. The van der Waals surface area contributed by atoms with Gasteiger partial charge in [0, 0.05) is 26.2 Å². The van der Waals surface area contributed by atoms with E-state index in [4.69, 9.17) is 4.74 Å². The van der Waals surface area contributed by atoms with Gasteiger partial charge >= 0.3 is 5.97 Å². The number of piperazine rings is 1. The molecule has 1 amide bonds. The Hall–Kier alpha value is -2.71. The van der Waals surface area contributed by atoms with Gasteiger partial charge in [0.15, 0.2) is 6.61 Å². The monoisotopic (exact) mass is 416 g/mol. The fourth-order valence-corrected chi connectivity index (χ4v) is 4.61. The number of aryl methyl sites for hydroxylation is 1. The van der Waals surface area contributed by atoms with E-state index in [1.807, 2.05) is 31.2 Å². The first-order valence-corrected chi connectivity index (χ1v) is 10.8. The molecular formula is C21H24N2O5S. The highest BCUT2D eigenvalue weighted by atomic mass is 32.2. The molecule has 8 heteroatoms. The Morgan fingerprint density at radius 1 is 0.931 bits per heavy atom. The maximum atomic E-state index is 12.6. The molecule has 0 aromatic heterocycles. The first-order valence-electron chi connectivity index (χ1n) is 9.41. The number of hydrogen-bond donors (Lipinski definition) is 0. The molecule has 0 atom stereocenters. The molecule has 0 aliphatic carbocycles. The summed E-state index contributed by atoms with van der Waals surface area (Å²) in [4.78, 5) is 26.1. The number of sulfonamides is 1. The highest BCUT2D eigenvalue weighted by Gasteiger charge is 2.30. The summed E-state index contributed by atoms with van der Waals surface area (Å²) in [6.45, 7) is 2.52. The van der Waals surface area contributed by atoms with Crippen molar-refractivity contribution >= 4 is 21.9 Å². The van der Waals surface area contributed by atoms with Crippen LogP contribution < -0.4 is 0 Å². The minimum absolute atomic E-state index is 0.114. The first kappa shape index (κ1) is 21.0. The average Bonchev–Trinajstić information content (AvgIpc) is 2.74. The molecule has 1 heterocycles. The van der Waals surface area contributed by atoms with E-state index in [9.17, 15) is 18.0 Å². The second-order valence-electron chi connectivity index (χ2n) is 6.86. The van der Waals surface area contributed by atoms with Gasteiger partial charge in [0.1, 0.15) is 0 Å². The van der Waals surface area contributed by atoms with Crippen molar-refractivity contribution in [1.82, 2.24) is 9.21 Å². The summed E-state index contributed by atoms with van der Waals surface area (Å²) in [5.74, 6) is -0.780. The number of amides is 1. The van der Waals surface area contributed by atoms with E-state index < -0.39 is 16.0 Å². The Labute approximate surface area is 170 Å². The molecule has 0 saturated carbocycles. The molecular weight excluding hydrogens is 392 g/mol. The SMILES string of the molecule is Cc1ccccc1CC(=O)OCC(=O)N1CCN(S(=O)(=O)c2ccccc2)CC1. The van der Waals surface area contributed by atoms with Crippen LogP contribution in [-0.2, 0) is 30.8 Å². The minimum atomic E-state index is -3.57. The maximum absolute atomic E-state index is 12.6. The van der Waals surface area contributed by atoms with Gasteiger partial charge in [-0.15, -0.1) is 0 Å². The van der Waals surface area contributed by atoms with E-state index in [2.05, 4.69) is 0 Å². The van der Waals surface area contributed by atoms with Crippen LogP contribution in [0.15, 0.2) is 59.5 Å². The third-order valence-corrected chi connectivity index (χ3v) is 6.84. The lowest BCUT2D eigenvalue weighted by atomic mass is 10.1. The molecule has 7 nitrogen and oxygen atoms in total. The summed E-state index contributed by atoms with van der Waals surface area (Å²) in [5, 5.41) is 0. The van der Waals surface area contributed by atoms with Gasteiger partial charge in [0.2, 0.25) is 10.0 Å². The van der Waals surface area contributed by atoms with E-state index >= 15 is 0 Å². The van der Waals surface area contributed by atoms with Crippen LogP contribution in [0.4, 0.5) is 0 Å². The Kier molecular flexibility index (Phi) is 6.66. The largest absolute Gasteiger partial charge is 0.455 e. The van der Waals surface area contributed by atoms with Crippen LogP contribution in [0.3, 0.4) is 0 Å². The molecule has 0 spiro atoms. The van der Waals surface area contributed by atoms with E-state index in [0.29, 0.717) is 0 Å². The third-order valence-electron chi connectivity index (χ3n) is 4.93. The first-order chi connectivity index (χ1) is 13.9. The molecule has 154 valence electrons. The molecule has 0 N–H and O–H groups in total. The van der Waals surface area contributed by atoms with Crippen molar-refractivity contribution in [3.63, 3.8) is 0 Å². The average molecular weight is 416 g/mol. The topological polar surface area (TPSA) is 84.0 Å². The molecule has 0 bridgehead atoms. The Balaban J connectivity index is 1.48. The zero-order valence-electron chi connectivity index (χ0n) is 16.3. The highest BCUT2D eigenvalue weighted by Crippen LogP contribution is 2.17. The van der Waals surface area contributed by atoms with Crippen LogP contribution in [0.5, 0.6) is 0 Å². The van der Waals surface area contributed by atoms with Crippen molar-refractivity contribution in [3.05, 3.63) is 65.7 Å². The molecule has 1 saturated heterocycles. The van der Waals surface area contributed by atoms with Crippen molar-refractivity contribution < 1.29 is 22.7 Å². The predicted octanol–water partition coefficient (Wildman–Crippen LogP) is 1.61. The smallest absolute Gasteiger partial charge is 0.310 e. The maximum Gasteiger partial charge on any atom is 0.310 e. The molecule has 1 aliphatic heterocycles. The summed E-state index contributed by atoms with van der Waals surface area (Å²) in [6, 6.07) is 15.7. The quantitative estimate of drug-likeness (QED) is 0.668. The standard InChI is InChI=1S/C21H24N2O5S/c1-17-7-5-6-8-18(17)15-21(25)28-16-20(24)22-11-13-23(14-12-22)29(26,27)19-9-3-2-4-10-19/h2-10H,11-16H2,1H3. The number of carbonyl (C=O) groups is 2. The molecule has 3 rings (SSSR count). The summed E-state index contributed by atoms with van der Waals surface area (Å²) in [7, 11) is -3.57. The van der Waals surface area contributed by atoms with Crippen molar-refractivity contribution in [2.75, 3.05) is 32.8 Å². The molecule has 29 heavy (non-hydrogen) atoms. The fraction of sp³-hybridized carbons (Fsp3) is 0.333. The van der Waals surface area contributed by atoms with Crippen molar-refractivity contribution in [2.24, 2.45) is 0 Å². The van der Waals surface area contributed by atoms with Crippen LogP contribution in [0.1, 0.15) is 11.1 Å². The van der Waals surface area contributed by atoms with Gasteiger partial charge in [-0.25, -0.2) is 8.42 Å². The lowest BCUT2D eigenvalue weighted by Gasteiger charge is -2.33. The fourth-order valence-electron chi connectivity index (χ4n) is 3.17. The van der Waals surface area contributed by atoms with Crippen LogP contribution in [0.2, 0.25) is 0 Å². The number of nitrogens with zero attached hydrogens (tertiary/aromatic N) is 2. The summed E-state index contributed by atoms with van der Waals surface area (Å²) in [5.41, 5.74) is 1.86. The lowest BCUT2D eigenvalue weighted by Crippen LogP contribution is -2.51. The number of ether oxygens (including phenoxy) is 1. The van der Waals surface area contributed by atoms with Crippen LogP contribution in [0, 0.1) is 6.92 Å². The van der Waals surface area contributed by atoms with Gasteiger partial charge in [-0.1, -0.05) is 42.5 Å². The number of carbonyl (C=O) groups excluding carboxylic acids is 2. The highest BCUT2D eigenvalue weighted by molar-refractivity contribution is 7.89. The van der Waals surface area contributed by atoms with Gasteiger partial charge in [-0.3, -0.25) is 9.59 Å². The number of benzene rings is 2. The second kappa shape index (κ2) is 9.19. The van der Waals surface area contributed by atoms with Crippen LogP contribution >= 0.6 is 0 Å². The lowest BCUT2D eigenvalue weighted by molar-refractivity contribution is -0.152. The van der Waals surface area contributed by atoms with Gasteiger partial charge in [-0.2, -0.15) is 4.31 Å². The van der Waals surface area contributed by atoms with E-state index in [1.54, 1.807) is 30.3 Å². The Morgan fingerprint density at radius 2 is 1.55 bits per heavy atom. The summed E-state index contributed by atoms with van der Waals surface area (Å²) < 4.78 is 31.8. The van der Waals surface area contributed by atoms with Gasteiger partial charge in [0.25, 0.3) is 5.91 Å². The Bertz CT molecular complexity index is 968. The number of hydrogen-bond acceptors (Lipinski definition) is 5. The molecule has 0 unspecified atom stereocenters.